The van der Waals surface area contributed by atoms with Crippen LogP contribution in [0.3, 0.4) is 0 Å². The zero-order valence-corrected chi connectivity index (χ0v) is 9.36. The minimum atomic E-state index is -0.992. The number of amides is 1. The molecule has 88 valence electrons. The van der Waals surface area contributed by atoms with Gasteiger partial charge in [0.25, 0.3) is 0 Å². The number of carboxylic acids is 1. The van der Waals surface area contributed by atoms with E-state index in [1.807, 2.05) is 5.48 Å². The highest BCUT2D eigenvalue weighted by molar-refractivity contribution is 5.67. The van der Waals surface area contributed by atoms with Crippen LogP contribution in [0.2, 0.25) is 0 Å². The molecule has 0 rings (SSSR count). The Hall–Kier alpha value is -1.30. The molecule has 6 nitrogen and oxygen atoms in total. The van der Waals surface area contributed by atoms with E-state index in [1.54, 1.807) is 20.8 Å². The van der Waals surface area contributed by atoms with E-state index in [-0.39, 0.29) is 6.42 Å². The van der Waals surface area contributed by atoms with E-state index >= 15 is 0 Å². The smallest absolute Gasteiger partial charge is 0.431 e. The number of hydrogen-bond acceptors (Lipinski definition) is 4. The van der Waals surface area contributed by atoms with Gasteiger partial charge in [0, 0.05) is 0 Å². The molecule has 0 aliphatic rings. The number of carboxylic acid groups (broad SMARTS) is 1. The molecule has 1 atom stereocenters. The third-order valence-corrected chi connectivity index (χ3v) is 1.20. The molecule has 1 unspecified atom stereocenters. The monoisotopic (exact) mass is 219 g/mol. The fourth-order valence-electron chi connectivity index (χ4n) is 0.735. The van der Waals surface area contributed by atoms with Crippen molar-refractivity contribution in [3.05, 3.63) is 0 Å². The van der Waals surface area contributed by atoms with Gasteiger partial charge in [-0.3, -0.25) is 9.63 Å². The molecule has 0 saturated carbocycles. The van der Waals surface area contributed by atoms with E-state index in [4.69, 9.17) is 14.7 Å². The van der Waals surface area contributed by atoms with Crippen LogP contribution in [0.1, 0.15) is 34.1 Å². The Morgan fingerprint density at radius 2 is 1.93 bits per heavy atom. The average molecular weight is 219 g/mol. The van der Waals surface area contributed by atoms with Crippen LogP contribution < -0.4 is 5.48 Å². The summed E-state index contributed by atoms with van der Waals surface area (Å²) in [4.78, 5) is 26.1. The van der Waals surface area contributed by atoms with Crippen molar-refractivity contribution in [3.8, 4) is 0 Å². The Kier molecular flexibility index (Phi) is 5.07. The predicted molar refractivity (Wildman–Crippen MR) is 52.2 cm³/mol. The fraction of sp³-hybridized carbons (Fsp3) is 0.778. The Morgan fingerprint density at radius 1 is 1.40 bits per heavy atom. The lowest BCUT2D eigenvalue weighted by molar-refractivity contribution is -0.141. The van der Waals surface area contributed by atoms with Crippen molar-refractivity contribution in [2.24, 2.45) is 0 Å². The van der Waals surface area contributed by atoms with E-state index in [0.717, 1.165) is 0 Å². The highest BCUT2D eigenvalue weighted by Crippen LogP contribution is 2.06. The Labute approximate surface area is 88.5 Å². The molecule has 0 aromatic carbocycles. The summed E-state index contributed by atoms with van der Waals surface area (Å²) in [5.41, 5.74) is 1.41. The molecule has 1 amide bonds. The lowest BCUT2D eigenvalue weighted by Crippen LogP contribution is -2.35. The lowest BCUT2D eigenvalue weighted by Gasteiger charge is -2.20. The maximum absolute atomic E-state index is 11.0. The number of nitrogens with one attached hydrogen (secondary N) is 1. The van der Waals surface area contributed by atoms with Crippen LogP contribution in [0.5, 0.6) is 0 Å². The van der Waals surface area contributed by atoms with E-state index in [1.165, 1.54) is 6.92 Å². The van der Waals surface area contributed by atoms with Gasteiger partial charge in [0.15, 0.2) is 0 Å². The summed E-state index contributed by atoms with van der Waals surface area (Å²) in [5.74, 6) is -0.992. The third-order valence-electron chi connectivity index (χ3n) is 1.20. The third kappa shape index (κ3) is 9.01. The first-order valence-corrected chi connectivity index (χ1v) is 4.57. The SMILES string of the molecule is CC(CC(=O)O)ONC(=O)OC(C)(C)C. The number of hydrogen-bond donors (Lipinski definition) is 2. The van der Waals surface area contributed by atoms with Gasteiger partial charge in [-0.25, -0.2) is 4.79 Å². The Balaban J connectivity index is 3.76. The first-order chi connectivity index (χ1) is 6.70. The van der Waals surface area contributed by atoms with Crippen LogP contribution in [0.15, 0.2) is 0 Å². The largest absolute Gasteiger partial charge is 0.481 e. The van der Waals surface area contributed by atoms with Crippen molar-refractivity contribution in [1.82, 2.24) is 5.48 Å². The predicted octanol–water partition coefficient (Wildman–Crippen LogP) is 1.31. The topological polar surface area (TPSA) is 84.9 Å². The van der Waals surface area contributed by atoms with Gasteiger partial charge < -0.3 is 9.84 Å². The van der Waals surface area contributed by atoms with Gasteiger partial charge in [-0.15, -0.1) is 0 Å². The first kappa shape index (κ1) is 13.7. The quantitative estimate of drug-likeness (QED) is 0.696. The molecule has 0 aliphatic carbocycles. The van der Waals surface area contributed by atoms with E-state index in [2.05, 4.69) is 0 Å². The summed E-state index contributed by atoms with van der Waals surface area (Å²) < 4.78 is 4.87. The van der Waals surface area contributed by atoms with Crippen molar-refractivity contribution in [3.63, 3.8) is 0 Å². The molecule has 0 fully saturated rings. The van der Waals surface area contributed by atoms with Crippen LogP contribution in [0.4, 0.5) is 4.79 Å². The van der Waals surface area contributed by atoms with Crippen LogP contribution >= 0.6 is 0 Å². The van der Waals surface area contributed by atoms with Crippen molar-refractivity contribution < 1.29 is 24.3 Å². The first-order valence-electron chi connectivity index (χ1n) is 4.57. The van der Waals surface area contributed by atoms with E-state index in [9.17, 15) is 9.59 Å². The van der Waals surface area contributed by atoms with Crippen molar-refractivity contribution in [1.29, 1.82) is 0 Å². The molecule has 0 spiro atoms. The molecule has 0 aliphatic heterocycles. The lowest BCUT2D eigenvalue weighted by atomic mass is 10.2. The summed E-state index contributed by atoms with van der Waals surface area (Å²) in [6, 6.07) is 0. The van der Waals surface area contributed by atoms with E-state index in [0.29, 0.717) is 0 Å². The second kappa shape index (κ2) is 5.55. The highest BCUT2D eigenvalue weighted by atomic mass is 16.7. The maximum Gasteiger partial charge on any atom is 0.431 e. The molecule has 0 heterocycles. The van der Waals surface area contributed by atoms with Gasteiger partial charge in [-0.2, -0.15) is 5.48 Å². The second-order valence-corrected chi connectivity index (χ2v) is 4.13. The number of aliphatic carboxylic acids is 1. The van der Waals surface area contributed by atoms with Crippen LogP contribution in [0.25, 0.3) is 0 Å². The molecular weight excluding hydrogens is 202 g/mol. The number of rotatable bonds is 4. The van der Waals surface area contributed by atoms with Gasteiger partial charge in [0.2, 0.25) is 0 Å². The van der Waals surface area contributed by atoms with Gasteiger partial charge >= 0.3 is 12.1 Å². The fourth-order valence-corrected chi connectivity index (χ4v) is 0.735. The minimum Gasteiger partial charge on any atom is -0.481 e. The molecule has 0 aromatic heterocycles. The maximum atomic E-state index is 11.0. The van der Waals surface area contributed by atoms with Crippen LogP contribution in [-0.2, 0) is 14.4 Å². The zero-order chi connectivity index (χ0) is 12.1. The molecule has 0 saturated heterocycles. The van der Waals surface area contributed by atoms with Gasteiger partial charge in [-0.05, 0) is 27.7 Å². The normalized spacial score (nSPS) is 13.1. The van der Waals surface area contributed by atoms with Crippen molar-refractivity contribution in [2.75, 3.05) is 0 Å². The highest BCUT2D eigenvalue weighted by Gasteiger charge is 2.17. The molecule has 0 radical (unpaired) electrons. The van der Waals surface area contributed by atoms with Crippen LogP contribution in [0, 0.1) is 0 Å². The van der Waals surface area contributed by atoms with Gasteiger partial charge in [-0.1, -0.05) is 0 Å². The van der Waals surface area contributed by atoms with Gasteiger partial charge in [0.1, 0.15) is 5.60 Å². The molecular formula is C9H17NO5. The Bertz CT molecular complexity index is 233. The molecule has 0 bridgehead atoms. The van der Waals surface area contributed by atoms with Crippen LogP contribution in [-0.4, -0.2) is 28.9 Å². The number of hydroxylamine groups is 1. The second-order valence-electron chi connectivity index (χ2n) is 4.13. The Morgan fingerprint density at radius 3 is 2.33 bits per heavy atom. The average Bonchev–Trinajstić information content (AvgIpc) is 1.96. The summed E-state index contributed by atoms with van der Waals surface area (Å²) in [6.45, 7) is 6.68. The number of ether oxygens (including phenoxy) is 1. The molecule has 2 N–H and O–H groups in total. The minimum absolute atomic E-state index is 0.185. The van der Waals surface area contributed by atoms with Gasteiger partial charge in [0.05, 0.1) is 12.5 Å². The summed E-state index contributed by atoms with van der Waals surface area (Å²) in [5, 5.41) is 8.41. The summed E-state index contributed by atoms with van der Waals surface area (Å²) in [6.07, 6.45) is -1.52. The molecule has 6 heteroatoms. The molecule has 15 heavy (non-hydrogen) atoms. The van der Waals surface area contributed by atoms with E-state index < -0.39 is 23.8 Å². The zero-order valence-electron chi connectivity index (χ0n) is 9.36. The number of carbonyl (C=O) groups is 2. The summed E-state index contributed by atoms with van der Waals surface area (Å²) >= 11 is 0. The van der Waals surface area contributed by atoms with Crippen molar-refractivity contribution in [2.45, 2.75) is 45.8 Å². The molecule has 0 aromatic rings. The van der Waals surface area contributed by atoms with Crippen molar-refractivity contribution >= 4 is 12.1 Å². The number of carbonyl (C=O) groups excluding carboxylic acids is 1. The summed E-state index contributed by atoms with van der Waals surface area (Å²) in [7, 11) is 0. The standard InChI is InChI=1S/C9H17NO5/c1-6(5-7(11)12)15-10-8(13)14-9(2,3)4/h6H,5H2,1-4H3,(H,10,13)(H,11,12).